The number of ether oxygens (including phenoxy) is 1. The van der Waals surface area contributed by atoms with Gasteiger partial charge in [0, 0.05) is 37.9 Å². The zero-order chi connectivity index (χ0) is 18.5. The molecule has 1 unspecified atom stereocenters. The molecule has 3 rings (SSSR count). The summed E-state index contributed by atoms with van der Waals surface area (Å²) in [6.45, 7) is 5.98. The molecule has 1 atom stereocenters. The second kappa shape index (κ2) is 8.03. The second-order valence-electron chi connectivity index (χ2n) is 6.61. The van der Waals surface area contributed by atoms with Crippen LogP contribution in [0.3, 0.4) is 0 Å². The van der Waals surface area contributed by atoms with E-state index in [1.807, 2.05) is 48.5 Å². The Morgan fingerprint density at radius 2 is 1.85 bits per heavy atom. The van der Waals surface area contributed by atoms with Gasteiger partial charge in [-0.3, -0.25) is 4.90 Å². The van der Waals surface area contributed by atoms with Crippen LogP contribution < -0.4 is 4.90 Å². The molecule has 2 aromatic carbocycles. The third-order valence-electron chi connectivity index (χ3n) is 4.89. The fourth-order valence-electron chi connectivity index (χ4n) is 3.31. The molecule has 1 fully saturated rings. The lowest BCUT2D eigenvalue weighted by molar-refractivity contribution is 0.0600. The van der Waals surface area contributed by atoms with E-state index >= 15 is 0 Å². The molecule has 2 aromatic rings. The maximum Gasteiger partial charge on any atom is 0.337 e. The first-order valence-corrected chi connectivity index (χ1v) is 8.77. The summed E-state index contributed by atoms with van der Waals surface area (Å²) in [4.78, 5) is 16.4. The number of benzene rings is 2. The summed E-state index contributed by atoms with van der Waals surface area (Å²) in [5.74, 6) is -0.308. The molecule has 1 heterocycles. The topological polar surface area (TPSA) is 56.6 Å². The Kier molecular flexibility index (Phi) is 5.55. The number of esters is 1. The van der Waals surface area contributed by atoms with E-state index in [9.17, 15) is 4.79 Å². The Morgan fingerprint density at radius 1 is 1.15 bits per heavy atom. The van der Waals surface area contributed by atoms with E-state index in [4.69, 9.17) is 10.00 Å². The first-order chi connectivity index (χ1) is 12.6. The number of nitriles is 1. The lowest BCUT2D eigenvalue weighted by atomic mass is 10.1. The quantitative estimate of drug-likeness (QED) is 0.794. The van der Waals surface area contributed by atoms with E-state index in [0.717, 1.165) is 31.9 Å². The molecule has 0 bridgehead atoms. The van der Waals surface area contributed by atoms with Gasteiger partial charge in [-0.05, 0) is 48.9 Å². The van der Waals surface area contributed by atoms with Gasteiger partial charge in [-0.2, -0.15) is 5.26 Å². The number of anilines is 1. The van der Waals surface area contributed by atoms with E-state index in [2.05, 4.69) is 22.8 Å². The van der Waals surface area contributed by atoms with Crippen molar-refractivity contribution in [3.05, 3.63) is 65.2 Å². The molecule has 0 N–H and O–H groups in total. The van der Waals surface area contributed by atoms with Crippen LogP contribution >= 0.6 is 0 Å². The van der Waals surface area contributed by atoms with Crippen LogP contribution in [0.1, 0.15) is 28.4 Å². The Morgan fingerprint density at radius 3 is 2.42 bits per heavy atom. The number of carbonyl (C=O) groups is 1. The van der Waals surface area contributed by atoms with E-state index in [-0.39, 0.29) is 5.97 Å². The van der Waals surface area contributed by atoms with Crippen molar-refractivity contribution >= 4 is 11.7 Å². The summed E-state index contributed by atoms with van der Waals surface area (Å²) in [5, 5.41) is 8.90. The highest BCUT2D eigenvalue weighted by atomic mass is 16.5. The van der Waals surface area contributed by atoms with Crippen molar-refractivity contribution in [2.45, 2.75) is 19.5 Å². The maximum atomic E-state index is 11.5. The highest BCUT2D eigenvalue weighted by molar-refractivity contribution is 5.89. The average Bonchev–Trinajstić information content (AvgIpc) is 2.69. The number of hydrogen-bond acceptors (Lipinski definition) is 5. The molecule has 5 heteroatoms. The zero-order valence-corrected chi connectivity index (χ0v) is 15.2. The standard InChI is InChI=1S/C21H23N3O2/c1-16-14-24(20-9-7-19(8-10-20)21(25)26-2)12-11-23(16)15-18-5-3-17(13-22)4-6-18/h3-10,16H,11-12,14-15H2,1-2H3. The van der Waals surface area contributed by atoms with E-state index < -0.39 is 0 Å². The first kappa shape index (κ1) is 18.0. The predicted octanol–water partition coefficient (Wildman–Crippen LogP) is 3.06. The van der Waals surface area contributed by atoms with Crippen molar-refractivity contribution in [2.75, 3.05) is 31.6 Å². The molecule has 1 saturated heterocycles. The summed E-state index contributed by atoms with van der Waals surface area (Å²) in [6.07, 6.45) is 0. The predicted molar refractivity (Wildman–Crippen MR) is 101 cm³/mol. The Bertz CT molecular complexity index is 794. The van der Waals surface area contributed by atoms with Crippen LogP contribution in [0.25, 0.3) is 0 Å². The molecule has 0 amide bonds. The lowest BCUT2D eigenvalue weighted by Gasteiger charge is -2.41. The number of rotatable bonds is 4. The van der Waals surface area contributed by atoms with Gasteiger partial charge in [-0.1, -0.05) is 12.1 Å². The summed E-state index contributed by atoms with van der Waals surface area (Å²) >= 11 is 0. The normalized spacial score (nSPS) is 17.6. The molecular weight excluding hydrogens is 326 g/mol. The SMILES string of the molecule is COC(=O)c1ccc(N2CCN(Cc3ccc(C#N)cc3)C(C)C2)cc1. The summed E-state index contributed by atoms with van der Waals surface area (Å²) in [5.41, 5.74) is 3.63. The molecule has 1 aliphatic rings. The first-order valence-electron chi connectivity index (χ1n) is 8.77. The molecule has 0 radical (unpaired) electrons. The molecule has 0 saturated carbocycles. The average molecular weight is 349 g/mol. The van der Waals surface area contributed by atoms with Crippen LogP contribution in [0.5, 0.6) is 0 Å². The van der Waals surface area contributed by atoms with Gasteiger partial charge in [0.2, 0.25) is 0 Å². The molecule has 5 nitrogen and oxygen atoms in total. The van der Waals surface area contributed by atoms with Gasteiger partial charge in [0.1, 0.15) is 0 Å². The van der Waals surface area contributed by atoms with Gasteiger partial charge in [0.05, 0.1) is 24.3 Å². The lowest BCUT2D eigenvalue weighted by Crippen LogP contribution is -2.51. The molecule has 26 heavy (non-hydrogen) atoms. The molecule has 1 aliphatic heterocycles. The largest absolute Gasteiger partial charge is 0.465 e. The number of hydrogen-bond donors (Lipinski definition) is 0. The minimum absolute atomic E-state index is 0.308. The van der Waals surface area contributed by atoms with Gasteiger partial charge in [0.25, 0.3) is 0 Å². The van der Waals surface area contributed by atoms with E-state index in [0.29, 0.717) is 17.2 Å². The van der Waals surface area contributed by atoms with Crippen LogP contribution in [0.2, 0.25) is 0 Å². The van der Waals surface area contributed by atoms with E-state index in [1.165, 1.54) is 12.7 Å². The highest BCUT2D eigenvalue weighted by Crippen LogP contribution is 2.21. The maximum absolute atomic E-state index is 11.5. The van der Waals surface area contributed by atoms with Crippen LogP contribution in [0.4, 0.5) is 5.69 Å². The van der Waals surface area contributed by atoms with Gasteiger partial charge in [-0.15, -0.1) is 0 Å². The van der Waals surface area contributed by atoms with Crippen LogP contribution in [-0.4, -0.2) is 43.7 Å². The number of carbonyl (C=O) groups excluding carboxylic acids is 1. The van der Waals surface area contributed by atoms with Crippen molar-refractivity contribution in [1.82, 2.24) is 4.90 Å². The number of methoxy groups -OCH3 is 1. The zero-order valence-electron chi connectivity index (χ0n) is 15.2. The van der Waals surface area contributed by atoms with Crippen molar-refractivity contribution in [3.63, 3.8) is 0 Å². The second-order valence-corrected chi connectivity index (χ2v) is 6.61. The summed E-state index contributed by atoms with van der Waals surface area (Å²) < 4.78 is 4.75. The smallest absolute Gasteiger partial charge is 0.337 e. The Balaban J connectivity index is 1.60. The van der Waals surface area contributed by atoms with Crippen LogP contribution in [0.15, 0.2) is 48.5 Å². The minimum Gasteiger partial charge on any atom is -0.465 e. The van der Waals surface area contributed by atoms with Gasteiger partial charge in [-0.25, -0.2) is 4.79 Å². The monoisotopic (exact) mass is 349 g/mol. The van der Waals surface area contributed by atoms with Crippen molar-refractivity contribution < 1.29 is 9.53 Å². The number of piperazine rings is 1. The molecule has 134 valence electrons. The fourth-order valence-corrected chi connectivity index (χ4v) is 3.31. The summed E-state index contributed by atoms with van der Waals surface area (Å²) in [7, 11) is 1.39. The molecule has 0 aromatic heterocycles. The van der Waals surface area contributed by atoms with Crippen molar-refractivity contribution in [1.29, 1.82) is 5.26 Å². The molecular formula is C21H23N3O2. The highest BCUT2D eigenvalue weighted by Gasteiger charge is 2.24. The molecule has 0 aliphatic carbocycles. The minimum atomic E-state index is -0.308. The van der Waals surface area contributed by atoms with E-state index in [1.54, 1.807) is 0 Å². The summed E-state index contributed by atoms with van der Waals surface area (Å²) in [6, 6.07) is 18.0. The van der Waals surface area contributed by atoms with Crippen molar-refractivity contribution in [2.24, 2.45) is 0 Å². The van der Waals surface area contributed by atoms with Crippen molar-refractivity contribution in [3.8, 4) is 6.07 Å². The third kappa shape index (κ3) is 4.04. The Hall–Kier alpha value is -2.84. The number of nitrogens with zero attached hydrogens (tertiary/aromatic N) is 3. The van der Waals surface area contributed by atoms with Crippen LogP contribution in [-0.2, 0) is 11.3 Å². The molecule has 0 spiro atoms. The Labute approximate surface area is 154 Å². The third-order valence-corrected chi connectivity index (χ3v) is 4.89. The van der Waals surface area contributed by atoms with Gasteiger partial charge in [0.15, 0.2) is 0 Å². The van der Waals surface area contributed by atoms with Gasteiger partial charge >= 0.3 is 5.97 Å². The van der Waals surface area contributed by atoms with Crippen LogP contribution in [0, 0.1) is 11.3 Å². The van der Waals surface area contributed by atoms with Gasteiger partial charge < -0.3 is 9.64 Å². The fraction of sp³-hybridized carbons (Fsp3) is 0.333.